The van der Waals surface area contributed by atoms with E-state index in [-0.39, 0.29) is 22.9 Å². The van der Waals surface area contributed by atoms with Crippen molar-refractivity contribution >= 4 is 29.8 Å². The van der Waals surface area contributed by atoms with Crippen molar-refractivity contribution in [3.05, 3.63) is 24.3 Å². The van der Waals surface area contributed by atoms with Gasteiger partial charge >= 0.3 is 0 Å². The summed E-state index contributed by atoms with van der Waals surface area (Å²) >= 11 is 0. The van der Waals surface area contributed by atoms with Gasteiger partial charge in [-0.3, -0.25) is 0 Å². The van der Waals surface area contributed by atoms with Gasteiger partial charge in [-0.25, -0.2) is 16.8 Å². The van der Waals surface area contributed by atoms with Crippen LogP contribution in [0.1, 0.15) is 13.3 Å². The van der Waals surface area contributed by atoms with Crippen LogP contribution >= 0.6 is 10.7 Å². The Hall–Kier alpha value is -1.07. The standard InChI is InChI=1S/C12H14ClNO4S2/c1-3-8-14(9-4-2)20(17,18)12-7-5-6-11(10-12)19(13,15)16/h1,5-7,10H,4,8-9H2,2H3. The maximum atomic E-state index is 12.4. The number of hydrogen-bond acceptors (Lipinski definition) is 4. The second-order valence-electron chi connectivity index (χ2n) is 3.96. The molecule has 0 bridgehead atoms. The van der Waals surface area contributed by atoms with E-state index in [1.54, 1.807) is 0 Å². The van der Waals surface area contributed by atoms with Crippen molar-refractivity contribution in [3.8, 4) is 12.3 Å². The molecule has 0 saturated carbocycles. The Bertz CT molecular complexity index is 720. The molecule has 1 aromatic rings. The molecule has 0 aliphatic heterocycles. The van der Waals surface area contributed by atoms with E-state index in [9.17, 15) is 16.8 Å². The third-order valence-corrected chi connectivity index (χ3v) is 5.66. The first-order chi connectivity index (χ1) is 9.23. The molecule has 20 heavy (non-hydrogen) atoms. The molecule has 0 N–H and O–H groups in total. The smallest absolute Gasteiger partial charge is 0.207 e. The highest BCUT2D eigenvalue weighted by Crippen LogP contribution is 2.21. The highest BCUT2D eigenvalue weighted by atomic mass is 35.7. The Balaban J connectivity index is 3.32. The molecule has 0 heterocycles. The molecule has 1 rings (SSSR count). The van der Waals surface area contributed by atoms with E-state index < -0.39 is 19.1 Å². The van der Waals surface area contributed by atoms with Gasteiger partial charge in [-0.05, 0) is 24.6 Å². The molecule has 5 nitrogen and oxygen atoms in total. The molecule has 0 fully saturated rings. The van der Waals surface area contributed by atoms with Gasteiger partial charge in [0.15, 0.2) is 0 Å². The van der Waals surface area contributed by atoms with Crippen LogP contribution in [0.3, 0.4) is 0 Å². The molecule has 0 spiro atoms. The average Bonchev–Trinajstić information content (AvgIpc) is 2.37. The summed E-state index contributed by atoms with van der Waals surface area (Å²) in [4.78, 5) is -0.416. The Morgan fingerprint density at radius 2 is 1.85 bits per heavy atom. The minimum absolute atomic E-state index is 0.0754. The van der Waals surface area contributed by atoms with E-state index in [2.05, 4.69) is 5.92 Å². The predicted molar refractivity (Wildman–Crippen MR) is 77.4 cm³/mol. The van der Waals surface area contributed by atoms with Crippen molar-refractivity contribution < 1.29 is 16.8 Å². The van der Waals surface area contributed by atoms with Gasteiger partial charge in [0.1, 0.15) is 0 Å². The molecule has 110 valence electrons. The number of nitrogens with zero attached hydrogens (tertiary/aromatic N) is 1. The lowest BCUT2D eigenvalue weighted by molar-refractivity contribution is 0.445. The van der Waals surface area contributed by atoms with Gasteiger partial charge in [0.2, 0.25) is 10.0 Å². The molecule has 0 atom stereocenters. The van der Waals surface area contributed by atoms with Gasteiger partial charge in [-0.15, -0.1) is 6.42 Å². The SMILES string of the molecule is C#CCN(CCC)S(=O)(=O)c1cccc(S(=O)(=O)Cl)c1. The van der Waals surface area contributed by atoms with Crippen LogP contribution in [0.25, 0.3) is 0 Å². The van der Waals surface area contributed by atoms with Crippen molar-refractivity contribution in [2.24, 2.45) is 0 Å². The molecule has 1 aromatic carbocycles. The van der Waals surface area contributed by atoms with E-state index in [1.165, 1.54) is 18.2 Å². The maximum Gasteiger partial charge on any atom is 0.261 e. The van der Waals surface area contributed by atoms with Crippen molar-refractivity contribution in [2.75, 3.05) is 13.1 Å². The zero-order chi connectivity index (χ0) is 15.4. The van der Waals surface area contributed by atoms with Crippen LogP contribution in [0.4, 0.5) is 0 Å². The molecule has 0 aliphatic carbocycles. The number of sulfonamides is 1. The van der Waals surface area contributed by atoms with E-state index in [0.717, 1.165) is 10.4 Å². The van der Waals surface area contributed by atoms with Gasteiger partial charge < -0.3 is 0 Å². The molecule has 0 aliphatic rings. The minimum atomic E-state index is -3.99. The molecular weight excluding hydrogens is 322 g/mol. The van der Waals surface area contributed by atoms with Gasteiger partial charge in [-0.1, -0.05) is 18.9 Å². The van der Waals surface area contributed by atoms with Crippen molar-refractivity contribution in [1.82, 2.24) is 4.31 Å². The topological polar surface area (TPSA) is 71.5 Å². The zero-order valence-electron chi connectivity index (χ0n) is 10.8. The van der Waals surface area contributed by atoms with Crippen molar-refractivity contribution in [1.29, 1.82) is 0 Å². The minimum Gasteiger partial charge on any atom is -0.207 e. The van der Waals surface area contributed by atoms with Crippen LogP contribution in [-0.2, 0) is 19.1 Å². The van der Waals surface area contributed by atoms with Crippen molar-refractivity contribution in [3.63, 3.8) is 0 Å². The molecule has 0 unspecified atom stereocenters. The predicted octanol–water partition coefficient (Wildman–Crippen LogP) is 1.65. The lowest BCUT2D eigenvalue weighted by Crippen LogP contribution is -2.32. The number of benzene rings is 1. The summed E-state index contributed by atoms with van der Waals surface area (Å²) in [6, 6.07) is 4.88. The summed E-state index contributed by atoms with van der Waals surface area (Å²) in [5, 5.41) is 0. The highest BCUT2D eigenvalue weighted by Gasteiger charge is 2.24. The molecular formula is C12H14ClNO4S2. The van der Waals surface area contributed by atoms with E-state index in [1.807, 2.05) is 6.92 Å². The van der Waals surface area contributed by atoms with Crippen LogP contribution in [0.15, 0.2) is 34.1 Å². The molecule has 0 amide bonds. The maximum absolute atomic E-state index is 12.4. The van der Waals surface area contributed by atoms with Gasteiger partial charge in [0.25, 0.3) is 9.05 Å². The first-order valence-electron chi connectivity index (χ1n) is 5.71. The molecule has 8 heteroatoms. The zero-order valence-corrected chi connectivity index (χ0v) is 13.2. The Labute approximate surface area is 124 Å². The summed E-state index contributed by atoms with van der Waals surface area (Å²) < 4.78 is 48.4. The van der Waals surface area contributed by atoms with Crippen molar-refractivity contribution in [2.45, 2.75) is 23.1 Å². The third kappa shape index (κ3) is 3.96. The fraction of sp³-hybridized carbons (Fsp3) is 0.333. The molecule has 0 aromatic heterocycles. The number of terminal acetylenes is 1. The Kier molecular flexibility index (Phi) is 5.59. The second kappa shape index (κ2) is 6.59. The molecule has 0 radical (unpaired) electrons. The second-order valence-corrected chi connectivity index (χ2v) is 8.46. The van der Waals surface area contributed by atoms with Gasteiger partial charge in [-0.2, -0.15) is 4.31 Å². The van der Waals surface area contributed by atoms with Gasteiger partial charge in [0, 0.05) is 17.2 Å². The highest BCUT2D eigenvalue weighted by molar-refractivity contribution is 8.13. The summed E-state index contributed by atoms with van der Waals surface area (Å²) in [5.74, 6) is 2.28. The summed E-state index contributed by atoms with van der Waals surface area (Å²) in [7, 11) is -2.61. The number of rotatable bonds is 6. The fourth-order valence-electron chi connectivity index (χ4n) is 1.57. The van der Waals surface area contributed by atoms with Crippen LogP contribution in [0.2, 0.25) is 0 Å². The number of hydrogen-bond donors (Lipinski definition) is 0. The number of halogens is 1. The average molecular weight is 336 g/mol. The lowest BCUT2D eigenvalue weighted by atomic mass is 10.4. The summed E-state index contributed by atoms with van der Waals surface area (Å²) in [6.07, 6.45) is 5.75. The van der Waals surface area contributed by atoms with E-state index >= 15 is 0 Å². The Morgan fingerprint density at radius 3 is 2.35 bits per heavy atom. The largest absolute Gasteiger partial charge is 0.261 e. The normalized spacial score (nSPS) is 12.3. The van der Waals surface area contributed by atoms with Crippen LogP contribution in [0, 0.1) is 12.3 Å². The van der Waals surface area contributed by atoms with E-state index in [0.29, 0.717) is 6.42 Å². The summed E-state index contributed by atoms with van der Waals surface area (Å²) in [6.45, 7) is 2.00. The monoisotopic (exact) mass is 335 g/mol. The summed E-state index contributed by atoms with van der Waals surface area (Å²) in [5.41, 5.74) is 0. The Morgan fingerprint density at radius 1 is 1.25 bits per heavy atom. The van der Waals surface area contributed by atoms with Crippen LogP contribution in [0.5, 0.6) is 0 Å². The van der Waals surface area contributed by atoms with Crippen LogP contribution < -0.4 is 0 Å². The lowest BCUT2D eigenvalue weighted by Gasteiger charge is -2.19. The quantitative estimate of drug-likeness (QED) is 0.585. The first kappa shape index (κ1) is 17.0. The third-order valence-electron chi connectivity index (χ3n) is 2.47. The molecule has 0 saturated heterocycles. The van der Waals surface area contributed by atoms with Gasteiger partial charge in [0.05, 0.1) is 16.3 Å². The van der Waals surface area contributed by atoms with E-state index in [4.69, 9.17) is 17.1 Å². The van der Waals surface area contributed by atoms with Crippen LogP contribution in [-0.4, -0.2) is 34.2 Å². The fourth-order valence-corrected chi connectivity index (χ4v) is 3.93. The first-order valence-corrected chi connectivity index (χ1v) is 9.46.